The lowest BCUT2D eigenvalue weighted by Crippen LogP contribution is -2.28. The van der Waals surface area contributed by atoms with Crippen molar-refractivity contribution in [2.45, 2.75) is 32.2 Å². The van der Waals surface area contributed by atoms with Gasteiger partial charge in [0.15, 0.2) is 0 Å². The highest BCUT2D eigenvalue weighted by molar-refractivity contribution is 5.89. The first-order valence-electron chi connectivity index (χ1n) is 8.37. The van der Waals surface area contributed by atoms with Gasteiger partial charge < -0.3 is 10.6 Å². The number of carbonyl (C=O) groups is 1. The summed E-state index contributed by atoms with van der Waals surface area (Å²) < 4.78 is 1.83. The lowest BCUT2D eigenvalue weighted by atomic mass is 9.93. The number of hydrogen-bond acceptors (Lipinski definition) is 3. The Balaban J connectivity index is 1.51. The Morgan fingerprint density at radius 1 is 1.22 bits per heavy atom. The second kappa shape index (κ2) is 7.92. The number of anilines is 1. The Morgan fingerprint density at radius 2 is 2.00 bits per heavy atom. The fourth-order valence-corrected chi connectivity index (χ4v) is 3.03. The van der Waals surface area contributed by atoms with Crippen molar-refractivity contribution in [1.82, 2.24) is 15.1 Å². The number of nitrogens with one attached hydrogen (secondary N) is 2. The van der Waals surface area contributed by atoms with Crippen molar-refractivity contribution >= 4 is 11.7 Å². The van der Waals surface area contributed by atoms with E-state index in [2.05, 4.69) is 27.9 Å². The van der Waals surface area contributed by atoms with Gasteiger partial charge in [0.25, 0.3) is 0 Å². The van der Waals surface area contributed by atoms with E-state index >= 15 is 0 Å². The van der Waals surface area contributed by atoms with Crippen LogP contribution < -0.4 is 10.6 Å². The maximum atomic E-state index is 12.2. The van der Waals surface area contributed by atoms with E-state index in [0.717, 1.165) is 25.3 Å². The quantitative estimate of drug-likeness (QED) is 0.862. The number of carbonyl (C=O) groups excluding carboxylic acids is 1. The van der Waals surface area contributed by atoms with Crippen molar-refractivity contribution < 1.29 is 4.79 Å². The Kier molecular flexibility index (Phi) is 5.42. The number of piperidine rings is 1. The summed E-state index contributed by atoms with van der Waals surface area (Å²) >= 11 is 0. The Morgan fingerprint density at radius 3 is 2.78 bits per heavy atom. The molecule has 3 rings (SSSR count). The second-order valence-corrected chi connectivity index (χ2v) is 6.14. The van der Waals surface area contributed by atoms with Crippen LogP contribution in [0.4, 0.5) is 5.82 Å². The number of rotatable bonds is 6. The molecule has 23 heavy (non-hydrogen) atoms. The third-order valence-corrected chi connectivity index (χ3v) is 4.40. The minimum Gasteiger partial charge on any atom is -0.317 e. The maximum absolute atomic E-state index is 12.2. The molecule has 0 spiro atoms. The summed E-state index contributed by atoms with van der Waals surface area (Å²) in [5, 5.41) is 10.7. The summed E-state index contributed by atoms with van der Waals surface area (Å²) in [4.78, 5) is 12.2. The van der Waals surface area contributed by atoms with Crippen molar-refractivity contribution in [3.63, 3.8) is 0 Å². The molecular weight excluding hydrogens is 288 g/mol. The van der Waals surface area contributed by atoms with E-state index in [1.807, 2.05) is 28.9 Å². The maximum Gasteiger partial charge on any atom is 0.225 e. The van der Waals surface area contributed by atoms with E-state index in [1.54, 1.807) is 6.20 Å². The van der Waals surface area contributed by atoms with E-state index in [9.17, 15) is 4.79 Å². The van der Waals surface area contributed by atoms with Gasteiger partial charge in [0, 0.05) is 12.5 Å². The molecule has 5 heteroatoms. The van der Waals surface area contributed by atoms with Crippen molar-refractivity contribution in [2.24, 2.45) is 5.92 Å². The van der Waals surface area contributed by atoms with Crippen molar-refractivity contribution in [2.75, 3.05) is 18.4 Å². The summed E-state index contributed by atoms with van der Waals surface area (Å²) in [6, 6.07) is 12.0. The molecule has 1 aromatic carbocycles. The zero-order valence-electron chi connectivity index (χ0n) is 13.4. The van der Waals surface area contributed by atoms with Crippen LogP contribution >= 0.6 is 0 Å². The SMILES string of the molecule is O=C(CCC1CCNCC1)Nc1ccnn1Cc1ccccc1. The molecule has 2 aromatic rings. The van der Waals surface area contributed by atoms with Gasteiger partial charge in [-0.2, -0.15) is 5.10 Å². The smallest absolute Gasteiger partial charge is 0.225 e. The van der Waals surface area contributed by atoms with Gasteiger partial charge >= 0.3 is 0 Å². The summed E-state index contributed by atoms with van der Waals surface area (Å²) in [6.45, 7) is 2.82. The number of nitrogens with zero attached hydrogens (tertiary/aromatic N) is 2. The van der Waals surface area contributed by atoms with E-state index in [1.165, 1.54) is 18.4 Å². The third-order valence-electron chi connectivity index (χ3n) is 4.40. The highest BCUT2D eigenvalue weighted by Gasteiger charge is 2.15. The lowest BCUT2D eigenvalue weighted by molar-refractivity contribution is -0.116. The van der Waals surface area contributed by atoms with Crippen LogP contribution in [0, 0.1) is 5.92 Å². The lowest BCUT2D eigenvalue weighted by Gasteiger charge is -2.22. The summed E-state index contributed by atoms with van der Waals surface area (Å²) in [7, 11) is 0. The van der Waals surface area contributed by atoms with Crippen molar-refractivity contribution in [1.29, 1.82) is 0 Å². The third kappa shape index (κ3) is 4.66. The Bertz CT molecular complexity index is 617. The highest BCUT2D eigenvalue weighted by atomic mass is 16.1. The fraction of sp³-hybridized carbons (Fsp3) is 0.444. The van der Waals surface area contributed by atoms with Gasteiger partial charge in [-0.25, -0.2) is 4.68 Å². The number of amides is 1. The molecule has 122 valence electrons. The average molecular weight is 312 g/mol. The molecule has 0 saturated carbocycles. The van der Waals surface area contributed by atoms with Gasteiger partial charge in [-0.3, -0.25) is 4.79 Å². The molecule has 0 bridgehead atoms. The fourth-order valence-electron chi connectivity index (χ4n) is 3.03. The molecule has 0 atom stereocenters. The van der Waals surface area contributed by atoms with Gasteiger partial charge in [0.1, 0.15) is 5.82 Å². The molecule has 1 amide bonds. The van der Waals surface area contributed by atoms with Crippen LogP contribution in [0.25, 0.3) is 0 Å². The number of hydrogen-bond donors (Lipinski definition) is 2. The summed E-state index contributed by atoms with van der Waals surface area (Å²) in [6.07, 6.45) is 5.64. The second-order valence-electron chi connectivity index (χ2n) is 6.14. The van der Waals surface area contributed by atoms with Gasteiger partial charge in [-0.05, 0) is 43.8 Å². The Labute approximate surface area is 137 Å². The van der Waals surface area contributed by atoms with Crippen LogP contribution in [0.5, 0.6) is 0 Å². The topological polar surface area (TPSA) is 59.0 Å². The van der Waals surface area contributed by atoms with E-state index in [-0.39, 0.29) is 5.91 Å². The molecule has 1 aromatic heterocycles. The van der Waals surface area contributed by atoms with E-state index in [0.29, 0.717) is 18.9 Å². The van der Waals surface area contributed by atoms with Crippen molar-refractivity contribution in [3.8, 4) is 0 Å². The van der Waals surface area contributed by atoms with Crippen LogP contribution in [0.1, 0.15) is 31.2 Å². The van der Waals surface area contributed by atoms with Crippen molar-refractivity contribution in [3.05, 3.63) is 48.2 Å². The molecule has 1 fully saturated rings. The van der Waals surface area contributed by atoms with Crippen LogP contribution in [0.2, 0.25) is 0 Å². The predicted molar refractivity (Wildman–Crippen MR) is 91.2 cm³/mol. The first-order valence-corrected chi connectivity index (χ1v) is 8.37. The zero-order chi connectivity index (χ0) is 15.9. The molecule has 0 unspecified atom stereocenters. The normalized spacial score (nSPS) is 15.5. The molecule has 1 aliphatic rings. The van der Waals surface area contributed by atoms with Gasteiger partial charge in [-0.1, -0.05) is 30.3 Å². The Hall–Kier alpha value is -2.14. The van der Waals surface area contributed by atoms with Crippen LogP contribution in [0.15, 0.2) is 42.6 Å². The first-order chi connectivity index (χ1) is 11.3. The molecule has 5 nitrogen and oxygen atoms in total. The standard InChI is InChI=1S/C18H24N4O/c23-18(7-6-15-8-11-19-12-9-15)21-17-10-13-20-22(17)14-16-4-2-1-3-5-16/h1-5,10,13,15,19H,6-9,11-12,14H2,(H,21,23). The van der Waals surface area contributed by atoms with Gasteiger partial charge in [-0.15, -0.1) is 0 Å². The first kappa shape index (κ1) is 15.7. The van der Waals surface area contributed by atoms with Gasteiger partial charge in [0.05, 0.1) is 12.7 Å². The molecular formula is C18H24N4O. The molecule has 0 radical (unpaired) electrons. The highest BCUT2D eigenvalue weighted by Crippen LogP contribution is 2.18. The minimum absolute atomic E-state index is 0.0818. The van der Waals surface area contributed by atoms with E-state index < -0.39 is 0 Å². The predicted octanol–water partition coefficient (Wildman–Crippen LogP) is 2.65. The molecule has 2 N–H and O–H groups in total. The number of benzene rings is 1. The van der Waals surface area contributed by atoms with Crippen LogP contribution in [0.3, 0.4) is 0 Å². The molecule has 0 aliphatic carbocycles. The monoisotopic (exact) mass is 312 g/mol. The van der Waals surface area contributed by atoms with Crippen LogP contribution in [-0.4, -0.2) is 28.8 Å². The molecule has 1 saturated heterocycles. The summed E-state index contributed by atoms with van der Waals surface area (Å²) in [5.41, 5.74) is 1.17. The van der Waals surface area contributed by atoms with Crippen LogP contribution in [-0.2, 0) is 11.3 Å². The molecule has 2 heterocycles. The average Bonchev–Trinajstić information content (AvgIpc) is 3.02. The summed E-state index contributed by atoms with van der Waals surface area (Å²) in [5.74, 6) is 1.53. The van der Waals surface area contributed by atoms with E-state index in [4.69, 9.17) is 0 Å². The number of aromatic nitrogens is 2. The molecule has 1 aliphatic heterocycles. The van der Waals surface area contributed by atoms with Gasteiger partial charge in [0.2, 0.25) is 5.91 Å². The zero-order valence-corrected chi connectivity index (χ0v) is 13.4. The largest absolute Gasteiger partial charge is 0.317 e. The minimum atomic E-state index is 0.0818.